The van der Waals surface area contributed by atoms with E-state index in [0.29, 0.717) is 41.3 Å². The molecule has 8 heteroatoms. The molecule has 0 saturated carbocycles. The maximum Gasteiger partial charge on any atom is 0.242 e. The number of rotatable bonds is 12. The fraction of sp³-hybridized carbons (Fsp3) is 0.440. The number of hydrogen-bond donors (Lipinski definition) is 1. The molecule has 2 amide bonds. The van der Waals surface area contributed by atoms with Gasteiger partial charge in [0.25, 0.3) is 0 Å². The van der Waals surface area contributed by atoms with Gasteiger partial charge in [-0.1, -0.05) is 43.1 Å². The molecule has 33 heavy (non-hydrogen) atoms. The Balaban J connectivity index is 2.01. The monoisotopic (exact) mass is 494 g/mol. The predicted molar refractivity (Wildman–Crippen MR) is 132 cm³/mol. The minimum atomic E-state index is -0.631. The zero-order chi connectivity index (χ0) is 24.4. The van der Waals surface area contributed by atoms with E-state index in [0.717, 1.165) is 11.3 Å². The van der Waals surface area contributed by atoms with Crippen molar-refractivity contribution in [3.05, 3.63) is 58.1 Å². The van der Waals surface area contributed by atoms with E-state index in [1.54, 1.807) is 37.1 Å². The van der Waals surface area contributed by atoms with Crippen molar-refractivity contribution in [1.29, 1.82) is 0 Å². The average Bonchev–Trinajstić information content (AvgIpc) is 2.80. The molecule has 1 unspecified atom stereocenters. The topological polar surface area (TPSA) is 67.9 Å². The van der Waals surface area contributed by atoms with Crippen LogP contribution in [0.4, 0.5) is 0 Å². The van der Waals surface area contributed by atoms with Crippen LogP contribution in [0.25, 0.3) is 0 Å². The first kappa shape index (κ1) is 26.8. The van der Waals surface area contributed by atoms with E-state index in [-0.39, 0.29) is 24.8 Å². The third-order valence-electron chi connectivity index (χ3n) is 5.05. The molecule has 2 aromatic rings. The first-order chi connectivity index (χ1) is 15.7. The summed E-state index contributed by atoms with van der Waals surface area (Å²) in [5.74, 6) is 1.45. The number of halogens is 2. The van der Waals surface area contributed by atoms with Gasteiger partial charge in [-0.3, -0.25) is 9.59 Å². The smallest absolute Gasteiger partial charge is 0.242 e. The van der Waals surface area contributed by atoms with Gasteiger partial charge in [-0.25, -0.2) is 0 Å². The van der Waals surface area contributed by atoms with Gasteiger partial charge in [-0.2, -0.15) is 0 Å². The third kappa shape index (κ3) is 8.78. The number of carbonyl (C=O) groups is 2. The van der Waals surface area contributed by atoms with Crippen LogP contribution in [0, 0.1) is 5.92 Å². The summed E-state index contributed by atoms with van der Waals surface area (Å²) in [5, 5.41) is 3.76. The molecule has 0 aromatic heterocycles. The van der Waals surface area contributed by atoms with Crippen LogP contribution in [0.2, 0.25) is 10.0 Å². The number of methoxy groups -OCH3 is 1. The van der Waals surface area contributed by atoms with Gasteiger partial charge in [0.05, 0.1) is 23.8 Å². The number of amides is 2. The summed E-state index contributed by atoms with van der Waals surface area (Å²) in [6, 6.07) is 11.8. The number of benzene rings is 2. The highest BCUT2D eigenvalue weighted by Crippen LogP contribution is 2.24. The van der Waals surface area contributed by atoms with Crippen molar-refractivity contribution in [3.8, 4) is 11.5 Å². The van der Waals surface area contributed by atoms with Gasteiger partial charge >= 0.3 is 0 Å². The first-order valence-corrected chi connectivity index (χ1v) is 11.7. The van der Waals surface area contributed by atoms with Gasteiger partial charge in [-0.05, 0) is 61.2 Å². The highest BCUT2D eigenvalue weighted by Gasteiger charge is 2.26. The predicted octanol–water partition coefficient (Wildman–Crippen LogP) is 5.35. The molecule has 0 aliphatic rings. The molecule has 0 saturated heterocycles. The van der Waals surface area contributed by atoms with Gasteiger partial charge in [0.15, 0.2) is 0 Å². The Kier molecular flexibility index (Phi) is 10.8. The summed E-state index contributed by atoms with van der Waals surface area (Å²) >= 11 is 12.2. The molecule has 0 spiro atoms. The van der Waals surface area contributed by atoms with Gasteiger partial charge in [0.2, 0.25) is 11.8 Å². The second kappa shape index (κ2) is 13.3. The summed E-state index contributed by atoms with van der Waals surface area (Å²) in [5.41, 5.74) is 0.802. The quantitative estimate of drug-likeness (QED) is 0.403. The Hall–Kier alpha value is -2.44. The van der Waals surface area contributed by atoms with Crippen molar-refractivity contribution in [2.24, 2.45) is 5.92 Å². The Morgan fingerprint density at radius 2 is 1.67 bits per heavy atom. The Labute approximate surface area is 206 Å². The Morgan fingerprint density at radius 1 is 1.00 bits per heavy atom. The highest BCUT2D eigenvalue weighted by atomic mass is 35.5. The molecule has 6 nitrogen and oxygen atoms in total. The van der Waals surface area contributed by atoms with E-state index >= 15 is 0 Å². The van der Waals surface area contributed by atoms with Crippen molar-refractivity contribution >= 4 is 35.0 Å². The lowest BCUT2D eigenvalue weighted by Crippen LogP contribution is -2.48. The summed E-state index contributed by atoms with van der Waals surface area (Å²) in [7, 11) is 1.61. The Morgan fingerprint density at radius 3 is 2.27 bits per heavy atom. The molecular formula is C25H32Cl2N2O4. The van der Waals surface area contributed by atoms with E-state index in [1.165, 1.54) is 0 Å². The summed E-state index contributed by atoms with van der Waals surface area (Å²) < 4.78 is 10.9. The third-order valence-corrected chi connectivity index (χ3v) is 5.79. The summed E-state index contributed by atoms with van der Waals surface area (Å²) in [6.45, 7) is 6.96. The number of hydrogen-bond acceptors (Lipinski definition) is 4. The van der Waals surface area contributed by atoms with E-state index in [9.17, 15) is 9.59 Å². The van der Waals surface area contributed by atoms with Crippen LogP contribution >= 0.6 is 23.2 Å². The molecule has 0 heterocycles. The normalized spacial score (nSPS) is 11.7. The van der Waals surface area contributed by atoms with Crippen molar-refractivity contribution in [3.63, 3.8) is 0 Å². The number of nitrogens with zero attached hydrogens (tertiary/aromatic N) is 1. The van der Waals surface area contributed by atoms with Crippen LogP contribution in [-0.2, 0) is 16.1 Å². The van der Waals surface area contributed by atoms with Crippen LogP contribution in [0.15, 0.2) is 42.5 Å². The highest BCUT2D eigenvalue weighted by molar-refractivity contribution is 6.42. The molecule has 0 bridgehead atoms. The zero-order valence-electron chi connectivity index (χ0n) is 19.6. The summed E-state index contributed by atoms with van der Waals surface area (Å²) in [6.07, 6.45) is 0.766. The molecule has 0 radical (unpaired) electrons. The van der Waals surface area contributed by atoms with Crippen LogP contribution in [0.3, 0.4) is 0 Å². The molecule has 1 N–H and O–H groups in total. The minimum Gasteiger partial charge on any atom is -0.497 e. The molecule has 2 rings (SSSR count). The van der Waals surface area contributed by atoms with E-state index in [2.05, 4.69) is 5.32 Å². The molecule has 2 aromatic carbocycles. The van der Waals surface area contributed by atoms with Gasteiger partial charge in [0.1, 0.15) is 17.5 Å². The molecule has 1 atom stereocenters. The lowest BCUT2D eigenvalue weighted by Gasteiger charge is -2.29. The molecule has 0 aliphatic carbocycles. The second-order valence-corrected chi connectivity index (χ2v) is 9.03. The van der Waals surface area contributed by atoms with Crippen LogP contribution in [0.1, 0.15) is 39.2 Å². The maximum absolute atomic E-state index is 13.1. The van der Waals surface area contributed by atoms with E-state index < -0.39 is 6.04 Å². The minimum absolute atomic E-state index is 0.133. The molecular weight excluding hydrogens is 463 g/mol. The number of nitrogens with one attached hydrogen (secondary N) is 1. The SMILES string of the molecule is COc1ccc(OCCCC(=O)N(Cc2ccc(Cl)c(Cl)c2)C(C)C(=O)NCC(C)C)cc1. The second-order valence-electron chi connectivity index (χ2n) is 8.21. The Bertz CT molecular complexity index is 919. The van der Waals surface area contributed by atoms with Crippen LogP contribution < -0.4 is 14.8 Å². The lowest BCUT2D eigenvalue weighted by atomic mass is 10.1. The van der Waals surface area contributed by atoms with Crippen molar-refractivity contribution in [1.82, 2.24) is 10.2 Å². The molecule has 0 fully saturated rings. The van der Waals surface area contributed by atoms with Crippen molar-refractivity contribution < 1.29 is 19.1 Å². The van der Waals surface area contributed by atoms with E-state index in [4.69, 9.17) is 32.7 Å². The fourth-order valence-electron chi connectivity index (χ4n) is 3.10. The number of ether oxygens (including phenoxy) is 2. The van der Waals surface area contributed by atoms with Crippen LogP contribution in [-0.4, -0.2) is 43.0 Å². The largest absolute Gasteiger partial charge is 0.497 e. The fourth-order valence-corrected chi connectivity index (χ4v) is 3.42. The first-order valence-electron chi connectivity index (χ1n) is 11.0. The van der Waals surface area contributed by atoms with Crippen LogP contribution in [0.5, 0.6) is 11.5 Å². The maximum atomic E-state index is 13.1. The van der Waals surface area contributed by atoms with Crippen molar-refractivity contribution in [2.45, 2.75) is 46.2 Å². The summed E-state index contributed by atoms with van der Waals surface area (Å²) in [4.78, 5) is 27.3. The van der Waals surface area contributed by atoms with Gasteiger partial charge in [0, 0.05) is 19.5 Å². The van der Waals surface area contributed by atoms with Gasteiger partial charge in [-0.15, -0.1) is 0 Å². The standard InChI is InChI=1S/C25H32Cl2N2O4/c1-17(2)15-28-25(31)18(3)29(16-19-7-12-22(26)23(27)14-19)24(30)6-5-13-33-21-10-8-20(32-4)9-11-21/h7-12,14,17-18H,5-6,13,15-16H2,1-4H3,(H,28,31). The lowest BCUT2D eigenvalue weighted by molar-refractivity contribution is -0.140. The zero-order valence-corrected chi connectivity index (χ0v) is 21.1. The van der Waals surface area contributed by atoms with Gasteiger partial charge < -0.3 is 19.7 Å². The average molecular weight is 495 g/mol. The molecule has 0 aliphatic heterocycles. The van der Waals surface area contributed by atoms with Crippen molar-refractivity contribution in [2.75, 3.05) is 20.3 Å². The van der Waals surface area contributed by atoms with E-state index in [1.807, 2.05) is 38.1 Å². The molecule has 180 valence electrons. The number of carbonyl (C=O) groups excluding carboxylic acids is 2.